The molecule has 0 amide bonds. The molecule has 0 spiro atoms. The number of nitrogens with zero attached hydrogens (tertiary/aromatic N) is 1. The molecule has 0 aromatic carbocycles. The van der Waals surface area contributed by atoms with E-state index in [-0.39, 0.29) is 0 Å². The molecule has 4 heteroatoms. The normalized spacial score (nSPS) is 28.6. The standard InChI is InChI=1S/C12H25NO2S/c1-4-12(9-16(14)15)11(3)13-7-5-6-10(2)8-13/h10-12H,4-9H2,1-3H3,(H,14,15). The van der Waals surface area contributed by atoms with Crippen molar-refractivity contribution in [1.29, 1.82) is 0 Å². The van der Waals surface area contributed by atoms with Crippen LogP contribution in [0.2, 0.25) is 0 Å². The molecule has 1 heterocycles. The van der Waals surface area contributed by atoms with Crippen LogP contribution in [0.3, 0.4) is 0 Å². The first-order valence-corrected chi connectivity index (χ1v) is 7.63. The van der Waals surface area contributed by atoms with Crippen LogP contribution >= 0.6 is 0 Å². The molecular weight excluding hydrogens is 222 g/mol. The monoisotopic (exact) mass is 247 g/mol. The zero-order valence-corrected chi connectivity index (χ0v) is 11.5. The van der Waals surface area contributed by atoms with Gasteiger partial charge in [0.25, 0.3) is 0 Å². The van der Waals surface area contributed by atoms with E-state index in [1.54, 1.807) is 0 Å². The molecule has 1 rings (SSSR count). The van der Waals surface area contributed by atoms with Gasteiger partial charge in [-0.2, -0.15) is 0 Å². The van der Waals surface area contributed by atoms with Crippen molar-refractivity contribution in [3.8, 4) is 0 Å². The first kappa shape index (κ1) is 14.1. The summed E-state index contributed by atoms with van der Waals surface area (Å²) in [6, 6.07) is 0.434. The van der Waals surface area contributed by atoms with E-state index >= 15 is 0 Å². The van der Waals surface area contributed by atoms with Crippen molar-refractivity contribution in [3.05, 3.63) is 0 Å². The molecule has 3 nitrogen and oxygen atoms in total. The van der Waals surface area contributed by atoms with Crippen molar-refractivity contribution in [2.75, 3.05) is 18.8 Å². The Morgan fingerprint density at radius 1 is 1.56 bits per heavy atom. The van der Waals surface area contributed by atoms with Crippen molar-refractivity contribution in [3.63, 3.8) is 0 Å². The van der Waals surface area contributed by atoms with E-state index in [4.69, 9.17) is 4.55 Å². The number of rotatable bonds is 5. The highest BCUT2D eigenvalue weighted by atomic mass is 32.2. The van der Waals surface area contributed by atoms with Gasteiger partial charge in [-0.3, -0.25) is 0 Å². The van der Waals surface area contributed by atoms with Crippen molar-refractivity contribution in [2.24, 2.45) is 11.8 Å². The van der Waals surface area contributed by atoms with Gasteiger partial charge < -0.3 is 9.45 Å². The smallest absolute Gasteiger partial charge is 0.153 e. The van der Waals surface area contributed by atoms with Gasteiger partial charge >= 0.3 is 0 Å². The molecule has 4 unspecified atom stereocenters. The molecule has 0 aliphatic carbocycles. The average Bonchev–Trinajstić information content (AvgIpc) is 2.24. The molecule has 1 fully saturated rings. The molecule has 4 atom stereocenters. The maximum absolute atomic E-state index is 10.9. The fourth-order valence-electron chi connectivity index (χ4n) is 2.68. The van der Waals surface area contributed by atoms with Crippen LogP contribution in [0.4, 0.5) is 0 Å². The highest BCUT2D eigenvalue weighted by Gasteiger charge is 2.26. The van der Waals surface area contributed by atoms with Gasteiger partial charge in [0.1, 0.15) is 0 Å². The Kier molecular flexibility index (Phi) is 5.94. The zero-order valence-electron chi connectivity index (χ0n) is 10.7. The van der Waals surface area contributed by atoms with E-state index in [0.717, 1.165) is 25.4 Å². The molecule has 1 N–H and O–H groups in total. The second-order valence-corrected chi connectivity index (χ2v) is 6.12. The largest absolute Gasteiger partial charge is 0.306 e. The first-order valence-electron chi connectivity index (χ1n) is 6.36. The summed E-state index contributed by atoms with van der Waals surface area (Å²) in [5.74, 6) is 1.53. The van der Waals surface area contributed by atoms with Crippen LogP contribution in [-0.4, -0.2) is 38.5 Å². The van der Waals surface area contributed by atoms with E-state index in [2.05, 4.69) is 25.7 Å². The highest BCUT2D eigenvalue weighted by molar-refractivity contribution is 7.79. The predicted molar refractivity (Wildman–Crippen MR) is 68.9 cm³/mol. The summed E-state index contributed by atoms with van der Waals surface area (Å²) in [5, 5.41) is 0. The van der Waals surface area contributed by atoms with Crippen LogP contribution in [0, 0.1) is 11.8 Å². The molecule has 1 saturated heterocycles. The summed E-state index contributed by atoms with van der Waals surface area (Å²) in [4.78, 5) is 2.50. The summed E-state index contributed by atoms with van der Waals surface area (Å²) < 4.78 is 19.9. The van der Waals surface area contributed by atoms with Crippen LogP contribution in [-0.2, 0) is 11.1 Å². The molecule has 0 aromatic heterocycles. The van der Waals surface area contributed by atoms with Crippen molar-refractivity contribution in [2.45, 2.75) is 46.1 Å². The molecular formula is C12H25NO2S. The van der Waals surface area contributed by atoms with Gasteiger partial charge in [-0.05, 0) is 38.1 Å². The third-order valence-electron chi connectivity index (χ3n) is 3.83. The summed E-state index contributed by atoms with van der Waals surface area (Å²) in [6.07, 6.45) is 3.58. The highest BCUT2D eigenvalue weighted by Crippen LogP contribution is 2.23. The average molecular weight is 247 g/mol. The zero-order chi connectivity index (χ0) is 12.1. The third kappa shape index (κ3) is 4.15. The van der Waals surface area contributed by atoms with Crippen molar-refractivity contribution in [1.82, 2.24) is 4.90 Å². The van der Waals surface area contributed by atoms with E-state index in [1.807, 2.05) is 0 Å². The third-order valence-corrected chi connectivity index (χ3v) is 4.54. The maximum atomic E-state index is 10.9. The molecule has 0 radical (unpaired) electrons. The van der Waals surface area contributed by atoms with E-state index in [0.29, 0.717) is 17.7 Å². The minimum absolute atomic E-state index is 0.344. The van der Waals surface area contributed by atoms with Crippen LogP contribution in [0.1, 0.15) is 40.0 Å². The Labute approximate surface area is 102 Å². The Bertz CT molecular complexity index is 235. The maximum Gasteiger partial charge on any atom is 0.153 e. The van der Waals surface area contributed by atoms with Gasteiger partial charge in [0, 0.05) is 12.6 Å². The molecule has 1 aliphatic heterocycles. The van der Waals surface area contributed by atoms with Gasteiger partial charge in [-0.25, -0.2) is 4.21 Å². The predicted octanol–water partition coefficient (Wildman–Crippen LogP) is 2.35. The van der Waals surface area contributed by atoms with Crippen LogP contribution in [0.15, 0.2) is 0 Å². The second-order valence-electron chi connectivity index (χ2n) is 5.14. The van der Waals surface area contributed by atoms with Gasteiger partial charge in [0.15, 0.2) is 11.1 Å². The number of piperidine rings is 1. The Balaban J connectivity index is 2.52. The molecule has 96 valence electrons. The molecule has 0 bridgehead atoms. The van der Waals surface area contributed by atoms with E-state index in [1.165, 1.54) is 12.8 Å². The van der Waals surface area contributed by atoms with Crippen LogP contribution in [0.5, 0.6) is 0 Å². The number of likely N-dealkylation sites (tertiary alicyclic amines) is 1. The molecule has 0 saturated carbocycles. The minimum atomic E-state index is -1.66. The second kappa shape index (κ2) is 6.72. The lowest BCUT2D eigenvalue weighted by atomic mass is 9.93. The quantitative estimate of drug-likeness (QED) is 0.758. The summed E-state index contributed by atoms with van der Waals surface area (Å²) in [5.41, 5.74) is 0. The Morgan fingerprint density at radius 3 is 2.75 bits per heavy atom. The Hall–Kier alpha value is 0.0700. The summed E-state index contributed by atoms with van der Waals surface area (Å²) >= 11 is -1.66. The lowest BCUT2D eigenvalue weighted by molar-refractivity contribution is 0.106. The lowest BCUT2D eigenvalue weighted by Crippen LogP contribution is -2.45. The van der Waals surface area contributed by atoms with Crippen LogP contribution in [0.25, 0.3) is 0 Å². The summed E-state index contributed by atoms with van der Waals surface area (Å²) in [7, 11) is 0. The van der Waals surface area contributed by atoms with Crippen molar-refractivity contribution < 1.29 is 8.76 Å². The van der Waals surface area contributed by atoms with Crippen molar-refractivity contribution >= 4 is 11.1 Å². The Morgan fingerprint density at radius 2 is 2.25 bits per heavy atom. The fraction of sp³-hybridized carbons (Fsp3) is 1.00. The fourth-order valence-corrected chi connectivity index (χ4v) is 3.56. The van der Waals surface area contributed by atoms with E-state index in [9.17, 15) is 4.21 Å². The van der Waals surface area contributed by atoms with Gasteiger partial charge in [0.2, 0.25) is 0 Å². The SMILES string of the molecule is CCC(CS(=O)O)C(C)N1CCCC(C)C1. The minimum Gasteiger partial charge on any atom is -0.306 e. The number of hydrogen-bond acceptors (Lipinski definition) is 2. The molecule has 1 aliphatic rings. The van der Waals surface area contributed by atoms with Gasteiger partial charge in [0.05, 0.1) is 5.75 Å². The first-order chi connectivity index (χ1) is 7.54. The topological polar surface area (TPSA) is 40.5 Å². The molecule has 16 heavy (non-hydrogen) atoms. The van der Waals surface area contributed by atoms with Crippen LogP contribution < -0.4 is 0 Å². The molecule has 0 aromatic rings. The van der Waals surface area contributed by atoms with Gasteiger partial charge in [-0.15, -0.1) is 0 Å². The lowest BCUT2D eigenvalue weighted by Gasteiger charge is -2.38. The summed E-state index contributed by atoms with van der Waals surface area (Å²) in [6.45, 7) is 8.92. The number of hydrogen-bond donors (Lipinski definition) is 1. The van der Waals surface area contributed by atoms with E-state index < -0.39 is 11.1 Å². The van der Waals surface area contributed by atoms with Gasteiger partial charge in [-0.1, -0.05) is 20.3 Å².